The fourth-order valence-corrected chi connectivity index (χ4v) is 2.26. The zero-order valence-electron chi connectivity index (χ0n) is 10.9. The van der Waals surface area contributed by atoms with Crippen molar-refractivity contribution >= 4 is 33.2 Å². The van der Waals surface area contributed by atoms with Crippen LogP contribution in [0.25, 0.3) is 0 Å². The van der Waals surface area contributed by atoms with E-state index in [-0.39, 0.29) is 18.5 Å². The highest BCUT2D eigenvalue weighted by Crippen LogP contribution is 2.30. The van der Waals surface area contributed by atoms with E-state index < -0.39 is 0 Å². The second-order valence-electron chi connectivity index (χ2n) is 4.30. The molecule has 0 unspecified atom stereocenters. The van der Waals surface area contributed by atoms with Gasteiger partial charge < -0.3 is 16.0 Å². The lowest BCUT2D eigenvalue weighted by molar-refractivity contribution is -0.120. The molecule has 0 aliphatic rings. The number of hydrogen-bond acceptors (Lipinski definition) is 4. The zero-order chi connectivity index (χ0) is 13.7. The van der Waals surface area contributed by atoms with Gasteiger partial charge in [-0.25, -0.2) is 0 Å². The molecule has 0 saturated heterocycles. The maximum Gasteiger partial charge on any atom is 0.239 e. The molecular formula is C12H19BrN4O. The van der Waals surface area contributed by atoms with Crippen molar-refractivity contribution in [3.63, 3.8) is 0 Å². The predicted octanol–water partition coefficient (Wildman–Crippen LogP) is 1.78. The van der Waals surface area contributed by atoms with Crippen LogP contribution in [0.3, 0.4) is 0 Å². The van der Waals surface area contributed by atoms with Gasteiger partial charge in [-0.2, -0.15) is 0 Å². The summed E-state index contributed by atoms with van der Waals surface area (Å²) in [5, 5.41) is 2.86. The van der Waals surface area contributed by atoms with Gasteiger partial charge in [0.05, 0.1) is 28.6 Å². The van der Waals surface area contributed by atoms with Gasteiger partial charge in [0.15, 0.2) is 0 Å². The number of halogens is 1. The first-order chi connectivity index (χ1) is 8.45. The lowest BCUT2D eigenvalue weighted by atomic mass is 10.3. The van der Waals surface area contributed by atoms with Gasteiger partial charge in [0.25, 0.3) is 0 Å². The van der Waals surface area contributed by atoms with Gasteiger partial charge in [0.2, 0.25) is 5.91 Å². The summed E-state index contributed by atoms with van der Waals surface area (Å²) >= 11 is 3.41. The third kappa shape index (κ3) is 3.87. The van der Waals surface area contributed by atoms with E-state index in [1.807, 2.05) is 25.7 Å². The number of pyridine rings is 1. The Balaban J connectivity index is 2.87. The van der Waals surface area contributed by atoms with E-state index in [4.69, 9.17) is 5.73 Å². The molecular weight excluding hydrogens is 296 g/mol. The Morgan fingerprint density at radius 1 is 1.56 bits per heavy atom. The van der Waals surface area contributed by atoms with Gasteiger partial charge in [-0.1, -0.05) is 0 Å². The van der Waals surface area contributed by atoms with E-state index in [1.54, 1.807) is 12.4 Å². The summed E-state index contributed by atoms with van der Waals surface area (Å²) in [6, 6.07) is 0.134. The molecule has 0 aromatic carbocycles. The molecule has 0 atom stereocenters. The van der Waals surface area contributed by atoms with Crippen molar-refractivity contribution in [1.82, 2.24) is 10.3 Å². The van der Waals surface area contributed by atoms with Crippen molar-refractivity contribution in [2.24, 2.45) is 0 Å². The number of amides is 1. The van der Waals surface area contributed by atoms with Crippen LogP contribution in [-0.4, -0.2) is 30.0 Å². The summed E-state index contributed by atoms with van der Waals surface area (Å²) in [5.41, 5.74) is 7.28. The van der Waals surface area contributed by atoms with Crippen LogP contribution in [0.2, 0.25) is 0 Å². The second-order valence-corrected chi connectivity index (χ2v) is 5.15. The molecule has 0 bridgehead atoms. The number of nitrogens with zero attached hydrogens (tertiary/aromatic N) is 2. The number of aromatic nitrogens is 1. The molecule has 5 nitrogen and oxygen atoms in total. The van der Waals surface area contributed by atoms with Crippen LogP contribution in [0.1, 0.15) is 20.8 Å². The van der Waals surface area contributed by atoms with E-state index in [1.165, 1.54) is 0 Å². The number of hydrogen-bond donors (Lipinski definition) is 2. The van der Waals surface area contributed by atoms with Crippen molar-refractivity contribution in [2.75, 3.05) is 23.7 Å². The van der Waals surface area contributed by atoms with Crippen LogP contribution in [0.4, 0.5) is 11.4 Å². The second kappa shape index (κ2) is 6.58. The minimum absolute atomic E-state index is 0.0186. The molecule has 1 amide bonds. The average Bonchev–Trinajstić information content (AvgIpc) is 2.26. The SMILES string of the molecule is CCN(CC(=O)NC(C)C)c1c(N)cncc1Br. The monoisotopic (exact) mass is 314 g/mol. The molecule has 1 rings (SSSR count). The molecule has 3 N–H and O–H groups in total. The first-order valence-corrected chi connectivity index (χ1v) is 6.68. The highest BCUT2D eigenvalue weighted by Gasteiger charge is 2.16. The average molecular weight is 315 g/mol. The Labute approximate surface area is 116 Å². The quantitative estimate of drug-likeness (QED) is 0.869. The Morgan fingerprint density at radius 3 is 2.72 bits per heavy atom. The lowest BCUT2D eigenvalue weighted by Crippen LogP contribution is -2.40. The molecule has 100 valence electrons. The molecule has 1 heterocycles. The minimum atomic E-state index is -0.0186. The molecule has 1 aromatic heterocycles. The number of nitrogens with one attached hydrogen (secondary N) is 1. The predicted molar refractivity (Wildman–Crippen MR) is 77.5 cm³/mol. The summed E-state index contributed by atoms with van der Waals surface area (Å²) in [6.07, 6.45) is 3.26. The van der Waals surface area contributed by atoms with Crippen LogP contribution in [0, 0.1) is 0 Å². The van der Waals surface area contributed by atoms with Crippen LogP contribution in [0.15, 0.2) is 16.9 Å². The third-order valence-electron chi connectivity index (χ3n) is 2.38. The molecule has 0 spiro atoms. The van der Waals surface area contributed by atoms with Gasteiger partial charge in [0, 0.05) is 18.8 Å². The van der Waals surface area contributed by atoms with E-state index in [9.17, 15) is 4.79 Å². The van der Waals surface area contributed by atoms with Crippen LogP contribution >= 0.6 is 15.9 Å². The molecule has 0 radical (unpaired) electrons. The molecule has 18 heavy (non-hydrogen) atoms. The van der Waals surface area contributed by atoms with E-state index in [2.05, 4.69) is 26.2 Å². The van der Waals surface area contributed by atoms with Gasteiger partial charge >= 0.3 is 0 Å². The van der Waals surface area contributed by atoms with Gasteiger partial charge in [-0.15, -0.1) is 0 Å². The van der Waals surface area contributed by atoms with Gasteiger partial charge in [-0.05, 0) is 36.7 Å². The fourth-order valence-electron chi connectivity index (χ4n) is 1.67. The van der Waals surface area contributed by atoms with Crippen molar-refractivity contribution in [3.8, 4) is 0 Å². The molecule has 0 fully saturated rings. The smallest absolute Gasteiger partial charge is 0.239 e. The minimum Gasteiger partial charge on any atom is -0.396 e. The normalized spacial score (nSPS) is 10.5. The zero-order valence-corrected chi connectivity index (χ0v) is 12.5. The Hall–Kier alpha value is -1.30. The highest BCUT2D eigenvalue weighted by molar-refractivity contribution is 9.10. The van der Waals surface area contributed by atoms with E-state index >= 15 is 0 Å². The lowest BCUT2D eigenvalue weighted by Gasteiger charge is -2.25. The van der Waals surface area contributed by atoms with E-state index in [0.717, 1.165) is 10.2 Å². The molecule has 0 aliphatic heterocycles. The summed E-state index contributed by atoms with van der Waals surface area (Å²) in [5.74, 6) is -0.0186. The Bertz CT molecular complexity index is 402. The number of likely N-dealkylation sites (N-methyl/N-ethyl adjacent to an activating group) is 1. The molecule has 1 aromatic rings. The Morgan fingerprint density at radius 2 is 2.22 bits per heavy atom. The number of rotatable bonds is 5. The van der Waals surface area contributed by atoms with E-state index in [0.29, 0.717) is 12.2 Å². The van der Waals surface area contributed by atoms with Crippen molar-refractivity contribution in [2.45, 2.75) is 26.8 Å². The van der Waals surface area contributed by atoms with Crippen LogP contribution in [0.5, 0.6) is 0 Å². The number of anilines is 2. The van der Waals surface area contributed by atoms with Crippen LogP contribution in [-0.2, 0) is 4.79 Å². The first kappa shape index (κ1) is 14.8. The third-order valence-corrected chi connectivity index (χ3v) is 2.96. The summed E-state index contributed by atoms with van der Waals surface area (Å²) < 4.78 is 0.793. The summed E-state index contributed by atoms with van der Waals surface area (Å²) in [4.78, 5) is 17.7. The van der Waals surface area contributed by atoms with Crippen LogP contribution < -0.4 is 16.0 Å². The molecule has 6 heteroatoms. The van der Waals surface area contributed by atoms with Gasteiger partial charge in [-0.3, -0.25) is 9.78 Å². The van der Waals surface area contributed by atoms with Gasteiger partial charge in [0.1, 0.15) is 0 Å². The fraction of sp³-hybridized carbons (Fsp3) is 0.500. The number of nitrogens with two attached hydrogens (primary N) is 1. The number of carbonyl (C=O) groups excluding carboxylic acids is 1. The topological polar surface area (TPSA) is 71.2 Å². The standard InChI is InChI=1S/C12H19BrN4O/c1-4-17(7-11(18)16-8(2)3)12-9(13)5-15-6-10(12)14/h5-6,8H,4,7,14H2,1-3H3,(H,16,18). The maximum absolute atomic E-state index is 11.8. The van der Waals surface area contributed by atoms with Crippen molar-refractivity contribution in [3.05, 3.63) is 16.9 Å². The maximum atomic E-state index is 11.8. The largest absolute Gasteiger partial charge is 0.396 e. The molecule has 0 saturated carbocycles. The highest BCUT2D eigenvalue weighted by atomic mass is 79.9. The van der Waals surface area contributed by atoms with Crippen molar-refractivity contribution in [1.29, 1.82) is 0 Å². The summed E-state index contributed by atoms with van der Waals surface area (Å²) in [6.45, 7) is 6.82. The number of nitrogen functional groups attached to an aromatic ring is 1. The number of carbonyl (C=O) groups is 1. The van der Waals surface area contributed by atoms with Crippen molar-refractivity contribution < 1.29 is 4.79 Å². The molecule has 0 aliphatic carbocycles. The Kier molecular flexibility index (Phi) is 5.40. The first-order valence-electron chi connectivity index (χ1n) is 5.89. The summed E-state index contributed by atoms with van der Waals surface area (Å²) in [7, 11) is 0.